The standard InChI is InChI=1S/C19H25Cl2N3O2/c1-13(18(25)22-17-11-15(20)10-16(21)12-17)23-8-4-14(5-9-23)19(26)24-6-2-3-7-24/h10-14H,2-9H2,1H3,(H,22,25)/t13-/m0/s1. The van der Waals surface area contributed by atoms with Gasteiger partial charge in [-0.15, -0.1) is 0 Å². The van der Waals surface area contributed by atoms with Crippen molar-refractivity contribution in [3.8, 4) is 0 Å². The van der Waals surface area contributed by atoms with Gasteiger partial charge in [0, 0.05) is 34.7 Å². The Kier molecular flexibility index (Phi) is 6.43. The number of halogens is 2. The van der Waals surface area contributed by atoms with Crippen molar-refractivity contribution in [1.29, 1.82) is 0 Å². The summed E-state index contributed by atoms with van der Waals surface area (Å²) in [6.45, 7) is 5.22. The second kappa shape index (κ2) is 8.59. The van der Waals surface area contributed by atoms with E-state index in [9.17, 15) is 9.59 Å². The number of hydrogen-bond acceptors (Lipinski definition) is 3. The molecule has 0 bridgehead atoms. The van der Waals surface area contributed by atoms with Crippen LogP contribution in [-0.4, -0.2) is 53.8 Å². The number of benzene rings is 1. The van der Waals surface area contributed by atoms with E-state index in [1.807, 2.05) is 11.8 Å². The van der Waals surface area contributed by atoms with Gasteiger partial charge in [0.25, 0.3) is 0 Å². The van der Waals surface area contributed by atoms with Crippen LogP contribution in [0.2, 0.25) is 10.0 Å². The Labute approximate surface area is 164 Å². The van der Waals surface area contributed by atoms with Crippen LogP contribution in [0.3, 0.4) is 0 Å². The van der Waals surface area contributed by atoms with Crippen LogP contribution < -0.4 is 5.32 Å². The molecule has 1 aromatic carbocycles. The van der Waals surface area contributed by atoms with Gasteiger partial charge in [-0.2, -0.15) is 0 Å². The maximum absolute atomic E-state index is 12.5. The van der Waals surface area contributed by atoms with Gasteiger partial charge in [-0.25, -0.2) is 0 Å². The summed E-state index contributed by atoms with van der Waals surface area (Å²) in [5.74, 6) is 0.312. The highest BCUT2D eigenvalue weighted by Crippen LogP contribution is 2.25. The fraction of sp³-hybridized carbons (Fsp3) is 0.579. The molecule has 7 heteroatoms. The van der Waals surface area contributed by atoms with Gasteiger partial charge < -0.3 is 10.2 Å². The lowest BCUT2D eigenvalue weighted by atomic mass is 9.94. The zero-order valence-corrected chi connectivity index (χ0v) is 16.5. The summed E-state index contributed by atoms with van der Waals surface area (Å²) in [7, 11) is 0. The largest absolute Gasteiger partial charge is 0.342 e. The lowest BCUT2D eigenvalue weighted by Crippen LogP contribution is -2.48. The van der Waals surface area contributed by atoms with Gasteiger partial charge in [-0.1, -0.05) is 23.2 Å². The van der Waals surface area contributed by atoms with E-state index in [1.165, 1.54) is 0 Å². The Morgan fingerprint density at radius 2 is 1.62 bits per heavy atom. The molecular weight excluding hydrogens is 373 g/mol. The second-order valence-electron chi connectivity index (χ2n) is 7.17. The van der Waals surface area contributed by atoms with Gasteiger partial charge in [0.1, 0.15) is 0 Å². The van der Waals surface area contributed by atoms with Crippen molar-refractivity contribution in [2.24, 2.45) is 5.92 Å². The third kappa shape index (κ3) is 4.70. The summed E-state index contributed by atoms with van der Waals surface area (Å²) in [4.78, 5) is 29.2. The molecule has 0 saturated carbocycles. The number of rotatable bonds is 4. The molecule has 0 aromatic heterocycles. The van der Waals surface area contributed by atoms with Crippen molar-refractivity contribution in [1.82, 2.24) is 9.80 Å². The molecule has 0 aliphatic carbocycles. The number of amides is 2. The smallest absolute Gasteiger partial charge is 0.241 e. The molecule has 2 aliphatic heterocycles. The van der Waals surface area contributed by atoms with E-state index in [1.54, 1.807) is 18.2 Å². The normalized spacial score (nSPS) is 20.2. The zero-order valence-electron chi connectivity index (χ0n) is 15.0. The van der Waals surface area contributed by atoms with Gasteiger partial charge in [0.2, 0.25) is 11.8 Å². The second-order valence-corrected chi connectivity index (χ2v) is 8.04. The molecular formula is C19H25Cl2N3O2. The number of piperidine rings is 1. The van der Waals surface area contributed by atoms with Crippen LogP contribution in [0, 0.1) is 5.92 Å². The molecule has 2 amide bonds. The lowest BCUT2D eigenvalue weighted by molar-refractivity contribution is -0.136. The number of anilines is 1. The highest BCUT2D eigenvalue weighted by atomic mass is 35.5. The van der Waals surface area contributed by atoms with E-state index in [0.717, 1.165) is 51.9 Å². The van der Waals surface area contributed by atoms with Crippen molar-refractivity contribution in [3.63, 3.8) is 0 Å². The Balaban J connectivity index is 1.51. The molecule has 2 heterocycles. The number of carbonyl (C=O) groups is 2. The Morgan fingerprint density at radius 1 is 1.04 bits per heavy atom. The maximum Gasteiger partial charge on any atom is 0.241 e. The third-order valence-corrected chi connectivity index (χ3v) is 5.79. The third-order valence-electron chi connectivity index (χ3n) is 5.35. The lowest BCUT2D eigenvalue weighted by Gasteiger charge is -2.36. The zero-order chi connectivity index (χ0) is 18.7. The predicted molar refractivity (Wildman–Crippen MR) is 105 cm³/mol. The SMILES string of the molecule is C[C@@H](C(=O)Nc1cc(Cl)cc(Cl)c1)N1CCC(C(=O)N2CCCC2)CC1. The van der Waals surface area contributed by atoms with E-state index in [0.29, 0.717) is 21.6 Å². The molecule has 1 aromatic rings. The molecule has 3 rings (SSSR count). The monoisotopic (exact) mass is 397 g/mol. The van der Waals surface area contributed by atoms with E-state index in [4.69, 9.17) is 23.2 Å². The van der Waals surface area contributed by atoms with Gasteiger partial charge in [0.05, 0.1) is 6.04 Å². The van der Waals surface area contributed by atoms with Crippen molar-refractivity contribution in [2.75, 3.05) is 31.5 Å². The van der Waals surface area contributed by atoms with Crippen molar-refractivity contribution >= 4 is 40.7 Å². The first-order valence-electron chi connectivity index (χ1n) is 9.24. The highest BCUT2D eigenvalue weighted by Gasteiger charge is 2.32. The molecule has 1 atom stereocenters. The van der Waals surface area contributed by atoms with Crippen LogP contribution in [0.5, 0.6) is 0 Å². The van der Waals surface area contributed by atoms with Crippen molar-refractivity contribution in [2.45, 2.75) is 38.6 Å². The predicted octanol–water partition coefficient (Wildman–Crippen LogP) is 3.65. The first-order valence-corrected chi connectivity index (χ1v) is 9.99. The molecule has 5 nitrogen and oxygen atoms in total. The number of likely N-dealkylation sites (tertiary alicyclic amines) is 2. The summed E-state index contributed by atoms with van der Waals surface area (Å²) in [6.07, 6.45) is 3.87. The summed E-state index contributed by atoms with van der Waals surface area (Å²) in [5, 5.41) is 3.85. The Bertz CT molecular complexity index is 648. The number of nitrogens with one attached hydrogen (secondary N) is 1. The minimum atomic E-state index is -0.268. The first kappa shape index (κ1) is 19.5. The summed E-state index contributed by atoms with van der Waals surface area (Å²) < 4.78 is 0. The fourth-order valence-electron chi connectivity index (χ4n) is 3.77. The summed E-state index contributed by atoms with van der Waals surface area (Å²) in [5.41, 5.74) is 0.596. The highest BCUT2D eigenvalue weighted by molar-refractivity contribution is 6.35. The van der Waals surface area contributed by atoms with E-state index in [-0.39, 0.29) is 17.9 Å². The molecule has 1 N–H and O–H groups in total. The number of hydrogen-bond donors (Lipinski definition) is 1. The maximum atomic E-state index is 12.5. The molecule has 2 fully saturated rings. The van der Waals surface area contributed by atoms with Crippen LogP contribution in [0.15, 0.2) is 18.2 Å². The van der Waals surface area contributed by atoms with Crippen LogP contribution in [0.1, 0.15) is 32.6 Å². The van der Waals surface area contributed by atoms with Gasteiger partial charge in [0.15, 0.2) is 0 Å². The molecule has 142 valence electrons. The van der Waals surface area contributed by atoms with E-state index < -0.39 is 0 Å². The average molecular weight is 398 g/mol. The molecule has 0 unspecified atom stereocenters. The molecule has 0 radical (unpaired) electrons. The van der Waals surface area contributed by atoms with Crippen molar-refractivity contribution in [3.05, 3.63) is 28.2 Å². The summed E-state index contributed by atoms with van der Waals surface area (Å²) in [6, 6.07) is 4.72. The average Bonchev–Trinajstić information content (AvgIpc) is 3.14. The first-order chi connectivity index (χ1) is 12.4. The minimum absolute atomic E-state index is 0.0901. The molecule has 0 spiro atoms. The Hall–Kier alpha value is -1.30. The van der Waals surface area contributed by atoms with Gasteiger partial charge in [-0.05, 0) is 63.9 Å². The Morgan fingerprint density at radius 3 is 2.19 bits per heavy atom. The molecule has 26 heavy (non-hydrogen) atoms. The van der Waals surface area contributed by atoms with Crippen LogP contribution in [0.4, 0.5) is 5.69 Å². The topological polar surface area (TPSA) is 52.7 Å². The molecule has 2 saturated heterocycles. The number of nitrogens with zero attached hydrogens (tertiary/aromatic N) is 2. The number of carbonyl (C=O) groups excluding carboxylic acids is 2. The van der Waals surface area contributed by atoms with Gasteiger partial charge >= 0.3 is 0 Å². The fourth-order valence-corrected chi connectivity index (χ4v) is 4.29. The summed E-state index contributed by atoms with van der Waals surface area (Å²) >= 11 is 12.0. The quantitative estimate of drug-likeness (QED) is 0.843. The minimum Gasteiger partial charge on any atom is -0.342 e. The van der Waals surface area contributed by atoms with E-state index >= 15 is 0 Å². The van der Waals surface area contributed by atoms with Crippen LogP contribution in [-0.2, 0) is 9.59 Å². The molecule has 2 aliphatic rings. The van der Waals surface area contributed by atoms with Gasteiger partial charge in [-0.3, -0.25) is 14.5 Å². The van der Waals surface area contributed by atoms with Crippen LogP contribution in [0.25, 0.3) is 0 Å². The van der Waals surface area contributed by atoms with E-state index in [2.05, 4.69) is 10.2 Å². The van der Waals surface area contributed by atoms with Crippen molar-refractivity contribution < 1.29 is 9.59 Å². The van der Waals surface area contributed by atoms with Crippen LogP contribution >= 0.6 is 23.2 Å².